The van der Waals surface area contributed by atoms with Crippen LogP contribution in [-0.4, -0.2) is 50.2 Å². The number of halogens is 2. The molecule has 0 aliphatic heterocycles. The average molecular weight is 669 g/mol. The Morgan fingerprint density at radius 3 is 1.41 bits per heavy atom. The molecule has 0 aromatic heterocycles. The Balaban J connectivity index is 1.48. The molecular weight excluding hydrogens is 638 g/mol. The predicted molar refractivity (Wildman–Crippen MR) is 173 cm³/mol. The van der Waals surface area contributed by atoms with Gasteiger partial charge in [0.05, 0.1) is 16.5 Å². The van der Waals surface area contributed by atoms with Gasteiger partial charge in [0.2, 0.25) is 0 Å². The van der Waals surface area contributed by atoms with Crippen LogP contribution < -0.4 is 11.0 Å². The average Bonchev–Trinajstić information content (AvgIpc) is 3.42. The quantitative estimate of drug-likeness (QED) is 0.0724. The molecule has 12 heteroatoms. The monoisotopic (exact) mass is 668 g/mol. The van der Waals surface area contributed by atoms with Crippen LogP contribution in [0.5, 0.6) is 0 Å². The summed E-state index contributed by atoms with van der Waals surface area (Å²) in [6, 6.07) is 23.1. The Hall–Kier alpha value is -5.98. The topological polar surface area (TPSA) is 129 Å². The number of hydrogen-bond donors (Lipinski definition) is 2. The van der Waals surface area contributed by atoms with E-state index in [4.69, 9.17) is 19.1 Å². The summed E-state index contributed by atoms with van der Waals surface area (Å²) in [6.07, 6.45) is 1.96. The zero-order valence-corrected chi connectivity index (χ0v) is 26.0. The molecule has 4 aromatic rings. The van der Waals surface area contributed by atoms with Gasteiger partial charge >= 0.3 is 11.9 Å². The molecule has 4 aromatic carbocycles. The summed E-state index contributed by atoms with van der Waals surface area (Å²) in [5.41, 5.74) is 6.31. The maximum Gasteiger partial charge on any atom is 0.330 e. The van der Waals surface area contributed by atoms with Gasteiger partial charge in [0.1, 0.15) is 38.1 Å². The smallest absolute Gasteiger partial charge is 0.330 e. The van der Waals surface area contributed by atoms with Gasteiger partial charge in [0.15, 0.2) is 0 Å². The normalized spacial score (nSPS) is 12.2. The molecule has 0 unspecified atom stereocenters. The molecule has 250 valence electrons. The fourth-order valence-electron chi connectivity index (χ4n) is 5.72. The number of carbonyl (C=O) groups excluding carboxylic acids is 4. The Kier molecular flexibility index (Phi) is 10.7. The molecule has 0 atom stereocenters. The third kappa shape index (κ3) is 7.00. The second kappa shape index (κ2) is 15.3. The van der Waals surface area contributed by atoms with Gasteiger partial charge in [-0.25, -0.2) is 29.3 Å². The van der Waals surface area contributed by atoms with Gasteiger partial charge in [-0.05, 0) is 57.6 Å². The summed E-state index contributed by atoms with van der Waals surface area (Å²) >= 11 is 0. The number of hydrogen-bond acceptors (Lipinski definition) is 8. The Morgan fingerprint density at radius 2 is 1.02 bits per heavy atom. The van der Waals surface area contributed by atoms with E-state index in [2.05, 4.69) is 24.1 Å². The predicted octanol–water partition coefficient (Wildman–Crippen LogP) is 5.11. The molecule has 1 aliphatic rings. The summed E-state index contributed by atoms with van der Waals surface area (Å²) < 4.78 is 41.2. The van der Waals surface area contributed by atoms with Crippen LogP contribution in [0.15, 0.2) is 110 Å². The molecule has 2 N–H and O–H groups in total. The van der Waals surface area contributed by atoms with E-state index >= 15 is 8.78 Å². The number of rotatable bonds is 14. The van der Waals surface area contributed by atoms with Crippen molar-refractivity contribution in [2.45, 2.75) is 5.41 Å². The summed E-state index contributed by atoms with van der Waals surface area (Å²) in [6.45, 7) is 5.87. The minimum Gasteiger partial charge on any atom is -0.460 e. The fourth-order valence-corrected chi connectivity index (χ4v) is 5.72. The number of esters is 2. The van der Waals surface area contributed by atoms with Crippen LogP contribution in [-0.2, 0) is 34.2 Å². The fraction of sp³-hybridized carbons (Fsp3) is 0.135. The van der Waals surface area contributed by atoms with Crippen LogP contribution >= 0.6 is 0 Å². The lowest BCUT2D eigenvalue weighted by Crippen LogP contribution is -2.31. The molecule has 0 saturated heterocycles. The van der Waals surface area contributed by atoms with Crippen LogP contribution in [0.25, 0.3) is 11.1 Å². The first-order chi connectivity index (χ1) is 23.7. The summed E-state index contributed by atoms with van der Waals surface area (Å²) in [5, 5.41) is 0. The third-order valence-corrected chi connectivity index (χ3v) is 7.77. The molecular formula is C37H30F2N2O8. The standard InChI is InChI=1S/C37H30F2N2O8/c1-3-33(42)46-17-19-48-40-35(44)27-15-13-23(21-31(27)38)37(29-11-7-5-9-25(29)26-10-6-8-12-30(26)37)24-14-16-28(32(39)22-24)36(45)41-49-20-18-47-34(43)4-2/h3-16,21-22H,1-2,17-20H2,(H,40,44)(H,41,45). The van der Waals surface area contributed by atoms with Crippen LogP contribution in [0, 0.1) is 11.6 Å². The molecule has 0 spiro atoms. The maximum absolute atomic E-state index is 15.8. The largest absolute Gasteiger partial charge is 0.460 e. The van der Waals surface area contributed by atoms with Gasteiger partial charge in [-0.15, -0.1) is 0 Å². The second-order valence-electron chi connectivity index (χ2n) is 10.5. The molecule has 0 bridgehead atoms. The highest BCUT2D eigenvalue weighted by Crippen LogP contribution is 2.56. The third-order valence-electron chi connectivity index (χ3n) is 7.77. The van der Waals surface area contributed by atoms with Gasteiger partial charge in [0, 0.05) is 12.2 Å². The highest BCUT2D eigenvalue weighted by molar-refractivity contribution is 5.95. The summed E-state index contributed by atoms with van der Waals surface area (Å²) in [5.74, 6) is -4.80. The number of amides is 2. The number of carbonyl (C=O) groups is 4. The lowest BCUT2D eigenvalue weighted by molar-refractivity contribution is -0.140. The van der Waals surface area contributed by atoms with E-state index in [1.54, 1.807) is 12.1 Å². The van der Waals surface area contributed by atoms with Crippen molar-refractivity contribution in [3.8, 4) is 11.1 Å². The Labute approximate surface area is 279 Å². The van der Waals surface area contributed by atoms with Gasteiger partial charge in [0.25, 0.3) is 11.8 Å². The highest BCUT2D eigenvalue weighted by Gasteiger charge is 2.46. The van der Waals surface area contributed by atoms with Crippen LogP contribution in [0.3, 0.4) is 0 Å². The minimum atomic E-state index is -1.25. The molecule has 0 saturated carbocycles. The Bertz CT molecular complexity index is 1800. The number of fused-ring (bicyclic) bond motifs is 3. The van der Waals surface area contributed by atoms with Crippen molar-refractivity contribution in [2.75, 3.05) is 26.4 Å². The van der Waals surface area contributed by atoms with Crippen LogP contribution in [0.2, 0.25) is 0 Å². The van der Waals surface area contributed by atoms with Gasteiger partial charge in [-0.3, -0.25) is 19.3 Å². The van der Waals surface area contributed by atoms with Crippen molar-refractivity contribution in [3.05, 3.63) is 155 Å². The zero-order valence-electron chi connectivity index (χ0n) is 26.0. The van der Waals surface area contributed by atoms with Crippen molar-refractivity contribution >= 4 is 23.8 Å². The highest BCUT2D eigenvalue weighted by atomic mass is 19.1. The molecule has 0 radical (unpaired) electrons. The molecule has 10 nitrogen and oxygen atoms in total. The van der Waals surface area contributed by atoms with Crippen molar-refractivity contribution in [3.63, 3.8) is 0 Å². The lowest BCUT2D eigenvalue weighted by Gasteiger charge is -2.34. The second-order valence-corrected chi connectivity index (χ2v) is 10.5. The van der Waals surface area contributed by atoms with Crippen LogP contribution in [0.4, 0.5) is 8.78 Å². The van der Waals surface area contributed by atoms with E-state index in [0.717, 1.165) is 34.4 Å². The van der Waals surface area contributed by atoms with Crippen molar-refractivity contribution in [1.82, 2.24) is 11.0 Å². The van der Waals surface area contributed by atoms with Crippen molar-refractivity contribution in [1.29, 1.82) is 0 Å². The number of ether oxygens (including phenoxy) is 2. The molecule has 1 aliphatic carbocycles. The van der Waals surface area contributed by atoms with E-state index < -0.39 is 40.8 Å². The van der Waals surface area contributed by atoms with Crippen molar-refractivity contribution < 1.29 is 47.1 Å². The molecule has 2 amide bonds. The lowest BCUT2D eigenvalue weighted by atomic mass is 9.67. The van der Waals surface area contributed by atoms with Gasteiger partial charge < -0.3 is 9.47 Å². The van der Waals surface area contributed by atoms with E-state index in [1.165, 1.54) is 24.3 Å². The van der Waals surface area contributed by atoms with Gasteiger partial charge in [-0.1, -0.05) is 73.8 Å². The minimum absolute atomic E-state index is 0.162. The number of hydroxylamine groups is 2. The van der Waals surface area contributed by atoms with Crippen molar-refractivity contribution in [2.24, 2.45) is 0 Å². The van der Waals surface area contributed by atoms with E-state index in [0.29, 0.717) is 11.1 Å². The number of benzene rings is 4. The maximum atomic E-state index is 15.8. The summed E-state index contributed by atoms with van der Waals surface area (Å²) in [7, 11) is 0. The molecule has 5 rings (SSSR count). The summed E-state index contributed by atoms with van der Waals surface area (Å²) in [4.78, 5) is 57.9. The van der Waals surface area contributed by atoms with E-state index in [-0.39, 0.29) is 37.6 Å². The zero-order chi connectivity index (χ0) is 35.0. The van der Waals surface area contributed by atoms with E-state index in [9.17, 15) is 19.2 Å². The SMILES string of the molecule is C=CC(=O)OCCONC(=O)c1ccc(C2(c3ccc(C(=O)NOCCOC(=O)C=C)c(F)c3)c3ccccc3-c3ccccc32)cc1F. The first-order valence-electron chi connectivity index (χ1n) is 14.9. The first-order valence-corrected chi connectivity index (χ1v) is 14.9. The van der Waals surface area contributed by atoms with Crippen LogP contribution in [0.1, 0.15) is 43.0 Å². The molecule has 49 heavy (non-hydrogen) atoms. The molecule has 0 fully saturated rings. The van der Waals surface area contributed by atoms with Gasteiger partial charge in [-0.2, -0.15) is 0 Å². The van der Waals surface area contributed by atoms with E-state index in [1.807, 2.05) is 48.5 Å². The molecule has 0 heterocycles. The first kappa shape index (κ1) is 34.4. The number of nitrogens with one attached hydrogen (secondary N) is 2. The Morgan fingerprint density at radius 1 is 0.612 bits per heavy atom.